The third kappa shape index (κ3) is 4.95. The molecule has 6 heteroatoms. The molecule has 3 rings (SSSR count). The zero-order chi connectivity index (χ0) is 18.4. The lowest BCUT2D eigenvalue weighted by Gasteiger charge is -2.28. The highest BCUT2D eigenvalue weighted by Gasteiger charge is 2.15. The van der Waals surface area contributed by atoms with Crippen molar-refractivity contribution in [1.29, 1.82) is 0 Å². The lowest BCUT2D eigenvalue weighted by molar-refractivity contribution is -0.127. The zero-order valence-corrected chi connectivity index (χ0v) is 14.8. The summed E-state index contributed by atoms with van der Waals surface area (Å²) in [4.78, 5) is 14.5. The van der Waals surface area contributed by atoms with Crippen molar-refractivity contribution < 1.29 is 18.7 Å². The van der Waals surface area contributed by atoms with Crippen molar-refractivity contribution in [3.63, 3.8) is 0 Å². The Morgan fingerprint density at radius 2 is 1.81 bits per heavy atom. The number of morpholine rings is 1. The SMILES string of the molecule is C[C@H](Oc1ccc(F)cc1)C(=O)NCc1ccc(N2CCOCC2)cc1. The third-order valence-electron chi connectivity index (χ3n) is 4.28. The van der Waals surface area contributed by atoms with Crippen molar-refractivity contribution in [3.8, 4) is 5.75 Å². The molecule has 0 aliphatic carbocycles. The first kappa shape index (κ1) is 18.2. The van der Waals surface area contributed by atoms with Gasteiger partial charge in [0, 0.05) is 25.3 Å². The van der Waals surface area contributed by atoms with Crippen LogP contribution in [-0.4, -0.2) is 38.3 Å². The number of hydrogen-bond acceptors (Lipinski definition) is 4. The van der Waals surface area contributed by atoms with E-state index in [1.165, 1.54) is 24.3 Å². The molecular formula is C20H23FN2O3. The number of benzene rings is 2. The fraction of sp³-hybridized carbons (Fsp3) is 0.350. The molecule has 1 fully saturated rings. The van der Waals surface area contributed by atoms with E-state index in [-0.39, 0.29) is 11.7 Å². The van der Waals surface area contributed by atoms with Crippen LogP contribution >= 0.6 is 0 Å². The van der Waals surface area contributed by atoms with Crippen LogP contribution in [0.1, 0.15) is 12.5 Å². The molecular weight excluding hydrogens is 335 g/mol. The molecule has 0 bridgehead atoms. The monoisotopic (exact) mass is 358 g/mol. The number of nitrogens with one attached hydrogen (secondary N) is 1. The normalized spacial score (nSPS) is 15.4. The Labute approximate surface area is 152 Å². The van der Waals surface area contributed by atoms with Gasteiger partial charge in [-0.05, 0) is 48.9 Å². The first-order chi connectivity index (χ1) is 12.6. The summed E-state index contributed by atoms with van der Waals surface area (Å²) in [5.74, 6) is -0.0922. The number of anilines is 1. The maximum atomic E-state index is 12.9. The summed E-state index contributed by atoms with van der Waals surface area (Å²) in [5, 5.41) is 2.86. The number of hydrogen-bond donors (Lipinski definition) is 1. The summed E-state index contributed by atoms with van der Waals surface area (Å²) in [6, 6.07) is 13.8. The number of ether oxygens (including phenoxy) is 2. The minimum absolute atomic E-state index is 0.216. The molecule has 0 unspecified atom stereocenters. The van der Waals surface area contributed by atoms with Crippen LogP contribution in [0.2, 0.25) is 0 Å². The van der Waals surface area contributed by atoms with Crippen molar-refractivity contribution >= 4 is 11.6 Å². The van der Waals surface area contributed by atoms with Gasteiger partial charge in [-0.15, -0.1) is 0 Å². The standard InChI is InChI=1S/C20H23FN2O3/c1-15(26-19-8-4-17(21)5-9-19)20(24)22-14-16-2-6-18(7-3-16)23-10-12-25-13-11-23/h2-9,15H,10-14H2,1H3,(H,22,24)/t15-/m0/s1. The molecule has 5 nitrogen and oxygen atoms in total. The number of carbonyl (C=O) groups is 1. The third-order valence-corrected chi connectivity index (χ3v) is 4.28. The lowest BCUT2D eigenvalue weighted by atomic mass is 10.2. The van der Waals surface area contributed by atoms with Gasteiger partial charge in [0.1, 0.15) is 11.6 Å². The second-order valence-electron chi connectivity index (χ2n) is 6.20. The van der Waals surface area contributed by atoms with Crippen molar-refractivity contribution in [2.24, 2.45) is 0 Å². The zero-order valence-electron chi connectivity index (χ0n) is 14.8. The van der Waals surface area contributed by atoms with E-state index in [0.29, 0.717) is 12.3 Å². The van der Waals surface area contributed by atoms with Gasteiger partial charge in [-0.2, -0.15) is 0 Å². The predicted molar refractivity (Wildman–Crippen MR) is 97.8 cm³/mol. The number of amides is 1. The van der Waals surface area contributed by atoms with E-state index >= 15 is 0 Å². The Kier molecular flexibility index (Phi) is 6.07. The maximum Gasteiger partial charge on any atom is 0.261 e. The summed E-state index contributed by atoms with van der Waals surface area (Å²) in [5.41, 5.74) is 2.18. The molecule has 2 aromatic carbocycles. The first-order valence-corrected chi connectivity index (χ1v) is 8.73. The number of nitrogens with zero attached hydrogens (tertiary/aromatic N) is 1. The van der Waals surface area contributed by atoms with E-state index in [0.717, 1.165) is 37.6 Å². The highest BCUT2D eigenvalue weighted by molar-refractivity contribution is 5.80. The second-order valence-corrected chi connectivity index (χ2v) is 6.20. The second kappa shape index (κ2) is 8.67. The molecule has 1 atom stereocenters. The molecule has 2 aromatic rings. The van der Waals surface area contributed by atoms with Crippen LogP contribution in [0, 0.1) is 5.82 Å². The molecule has 0 spiro atoms. The summed E-state index contributed by atoms with van der Waals surface area (Å²) in [7, 11) is 0. The molecule has 1 aliphatic rings. The van der Waals surface area contributed by atoms with E-state index in [2.05, 4.69) is 22.3 Å². The van der Waals surface area contributed by atoms with Gasteiger partial charge in [0.05, 0.1) is 13.2 Å². The Balaban J connectivity index is 1.48. The molecule has 1 aliphatic heterocycles. The van der Waals surface area contributed by atoms with Gasteiger partial charge in [0.2, 0.25) is 0 Å². The average Bonchev–Trinajstić information content (AvgIpc) is 2.69. The summed E-state index contributed by atoms with van der Waals surface area (Å²) < 4.78 is 23.8. The van der Waals surface area contributed by atoms with E-state index in [4.69, 9.17) is 9.47 Å². The Morgan fingerprint density at radius 3 is 2.46 bits per heavy atom. The number of rotatable bonds is 6. The van der Waals surface area contributed by atoms with Crippen molar-refractivity contribution in [1.82, 2.24) is 5.32 Å². The highest BCUT2D eigenvalue weighted by atomic mass is 19.1. The van der Waals surface area contributed by atoms with Crippen LogP contribution in [0.4, 0.5) is 10.1 Å². The van der Waals surface area contributed by atoms with Gasteiger partial charge in [0.15, 0.2) is 6.10 Å². The predicted octanol–water partition coefficient (Wildman–Crippen LogP) is 2.75. The van der Waals surface area contributed by atoms with E-state index in [1.54, 1.807) is 6.92 Å². The van der Waals surface area contributed by atoms with E-state index in [9.17, 15) is 9.18 Å². The van der Waals surface area contributed by atoms with Crippen LogP contribution in [0.3, 0.4) is 0 Å². The molecule has 0 radical (unpaired) electrons. The van der Waals surface area contributed by atoms with Gasteiger partial charge in [0.25, 0.3) is 5.91 Å². The van der Waals surface area contributed by atoms with E-state index in [1.807, 2.05) is 12.1 Å². The van der Waals surface area contributed by atoms with E-state index < -0.39 is 6.10 Å². The lowest BCUT2D eigenvalue weighted by Crippen LogP contribution is -2.36. The molecule has 138 valence electrons. The summed E-state index contributed by atoms with van der Waals surface area (Å²) >= 11 is 0. The maximum absolute atomic E-state index is 12.9. The molecule has 0 saturated carbocycles. The molecule has 1 N–H and O–H groups in total. The quantitative estimate of drug-likeness (QED) is 0.863. The minimum atomic E-state index is -0.659. The molecule has 26 heavy (non-hydrogen) atoms. The van der Waals surface area contributed by atoms with Crippen LogP contribution in [0.5, 0.6) is 5.75 Å². The molecule has 1 heterocycles. The van der Waals surface area contributed by atoms with Crippen molar-refractivity contribution in [3.05, 3.63) is 59.9 Å². The van der Waals surface area contributed by atoms with Gasteiger partial charge < -0.3 is 19.7 Å². The Hall–Kier alpha value is -2.60. The highest BCUT2D eigenvalue weighted by Crippen LogP contribution is 2.17. The fourth-order valence-corrected chi connectivity index (χ4v) is 2.75. The minimum Gasteiger partial charge on any atom is -0.481 e. The van der Waals surface area contributed by atoms with Crippen LogP contribution in [-0.2, 0) is 16.1 Å². The molecule has 0 aromatic heterocycles. The van der Waals surface area contributed by atoms with Crippen molar-refractivity contribution in [2.45, 2.75) is 19.6 Å². The van der Waals surface area contributed by atoms with Gasteiger partial charge >= 0.3 is 0 Å². The van der Waals surface area contributed by atoms with Gasteiger partial charge in [-0.25, -0.2) is 4.39 Å². The largest absolute Gasteiger partial charge is 0.481 e. The number of halogens is 1. The average molecular weight is 358 g/mol. The smallest absolute Gasteiger partial charge is 0.261 e. The number of carbonyl (C=O) groups excluding carboxylic acids is 1. The van der Waals surface area contributed by atoms with Gasteiger partial charge in [-0.3, -0.25) is 4.79 Å². The van der Waals surface area contributed by atoms with Crippen LogP contribution in [0.15, 0.2) is 48.5 Å². The molecule has 1 amide bonds. The van der Waals surface area contributed by atoms with Crippen LogP contribution < -0.4 is 15.0 Å². The van der Waals surface area contributed by atoms with Crippen molar-refractivity contribution in [2.75, 3.05) is 31.2 Å². The fourth-order valence-electron chi connectivity index (χ4n) is 2.75. The first-order valence-electron chi connectivity index (χ1n) is 8.73. The van der Waals surface area contributed by atoms with Crippen LogP contribution in [0.25, 0.3) is 0 Å². The summed E-state index contributed by atoms with van der Waals surface area (Å²) in [6.45, 7) is 5.40. The Morgan fingerprint density at radius 1 is 1.15 bits per heavy atom. The topological polar surface area (TPSA) is 50.8 Å². The van der Waals surface area contributed by atoms with Gasteiger partial charge in [-0.1, -0.05) is 12.1 Å². The molecule has 1 saturated heterocycles. The summed E-state index contributed by atoms with van der Waals surface area (Å²) in [6.07, 6.45) is -0.659. The Bertz CT molecular complexity index is 713.